The molecule has 0 aromatic heterocycles. The molecule has 1 aromatic rings. The third kappa shape index (κ3) is 5.15. The Hall–Kier alpha value is -2.40. The first kappa shape index (κ1) is 24.2. The van der Waals surface area contributed by atoms with Gasteiger partial charge in [-0.1, -0.05) is 11.8 Å². The van der Waals surface area contributed by atoms with Crippen LogP contribution in [0.5, 0.6) is 11.5 Å². The molecule has 1 aromatic carbocycles. The number of hydrogen-bond acceptors (Lipinski definition) is 6. The lowest BCUT2D eigenvalue weighted by Gasteiger charge is -2.42. The van der Waals surface area contributed by atoms with Crippen LogP contribution in [0.3, 0.4) is 0 Å². The van der Waals surface area contributed by atoms with Gasteiger partial charge in [0, 0.05) is 43.2 Å². The van der Waals surface area contributed by atoms with E-state index in [-0.39, 0.29) is 5.92 Å². The highest BCUT2D eigenvalue weighted by atomic mass is 32.2. The van der Waals surface area contributed by atoms with E-state index in [9.17, 15) is 10.1 Å². The molecule has 0 spiro atoms. The predicted octanol–water partition coefficient (Wildman–Crippen LogP) is 4.43. The molecular formula is C24H34N4O3S. The molecule has 2 unspecified atom stereocenters. The van der Waals surface area contributed by atoms with Crippen molar-refractivity contribution in [3.8, 4) is 17.6 Å². The smallest absolute Gasteiger partial charge is 0.226 e. The summed E-state index contributed by atoms with van der Waals surface area (Å²) < 4.78 is 10.7. The average Bonchev–Trinajstić information content (AvgIpc) is 2.81. The molecule has 7 nitrogen and oxygen atoms in total. The molecule has 32 heavy (non-hydrogen) atoms. The minimum Gasteiger partial charge on any atom is -0.493 e. The Kier molecular flexibility index (Phi) is 8.30. The summed E-state index contributed by atoms with van der Waals surface area (Å²) in [6, 6.07) is 6.26. The van der Waals surface area contributed by atoms with Gasteiger partial charge in [-0.05, 0) is 52.2 Å². The average molecular weight is 459 g/mol. The number of ether oxygens (including phenoxy) is 2. The van der Waals surface area contributed by atoms with Crippen molar-refractivity contribution in [2.75, 3.05) is 33.6 Å². The van der Waals surface area contributed by atoms with Crippen LogP contribution in [0.25, 0.3) is 0 Å². The van der Waals surface area contributed by atoms with Gasteiger partial charge in [0.1, 0.15) is 6.07 Å². The third-order valence-corrected chi connectivity index (χ3v) is 7.30. The first-order valence-electron chi connectivity index (χ1n) is 11.3. The zero-order valence-corrected chi connectivity index (χ0v) is 20.6. The predicted molar refractivity (Wildman–Crippen MR) is 129 cm³/mol. The fraction of sp³-hybridized carbons (Fsp3) is 0.625. The minimum atomic E-state index is 0.0770. The van der Waals surface area contributed by atoms with Crippen molar-refractivity contribution >= 4 is 28.5 Å². The number of benzene rings is 1. The van der Waals surface area contributed by atoms with E-state index in [1.165, 1.54) is 6.42 Å². The van der Waals surface area contributed by atoms with Gasteiger partial charge in [0.25, 0.3) is 0 Å². The van der Waals surface area contributed by atoms with E-state index >= 15 is 0 Å². The number of rotatable bonds is 4. The Morgan fingerprint density at radius 1 is 1.09 bits per heavy atom. The van der Waals surface area contributed by atoms with Gasteiger partial charge in [-0.15, -0.1) is 0 Å². The Balaban J connectivity index is 1.73. The Morgan fingerprint density at radius 2 is 1.69 bits per heavy atom. The monoisotopic (exact) mass is 458 g/mol. The molecule has 2 saturated heterocycles. The topological polar surface area (TPSA) is 78.2 Å². The van der Waals surface area contributed by atoms with Crippen LogP contribution in [0.4, 0.5) is 5.69 Å². The van der Waals surface area contributed by atoms with Gasteiger partial charge in [0.15, 0.2) is 16.7 Å². The summed E-state index contributed by atoms with van der Waals surface area (Å²) in [6.07, 6.45) is 7.05. The number of amidine groups is 1. The summed E-state index contributed by atoms with van der Waals surface area (Å²) in [4.78, 5) is 22.4. The number of amides is 1. The summed E-state index contributed by atoms with van der Waals surface area (Å²) in [5.74, 6) is 1.45. The molecule has 174 valence electrons. The third-order valence-electron chi connectivity index (χ3n) is 6.58. The van der Waals surface area contributed by atoms with Crippen LogP contribution in [0.1, 0.15) is 51.5 Å². The lowest BCUT2D eigenvalue weighted by molar-refractivity contribution is -0.143. The van der Waals surface area contributed by atoms with Crippen LogP contribution in [-0.2, 0) is 4.79 Å². The summed E-state index contributed by atoms with van der Waals surface area (Å²) in [6.45, 7) is 5.91. The normalized spacial score (nSPS) is 22.4. The minimum absolute atomic E-state index is 0.0770. The number of piperidine rings is 2. The van der Waals surface area contributed by atoms with Crippen molar-refractivity contribution in [1.82, 2.24) is 9.80 Å². The number of aliphatic imine (C=N–C) groups is 1. The fourth-order valence-electron chi connectivity index (χ4n) is 4.78. The van der Waals surface area contributed by atoms with E-state index in [1.54, 1.807) is 38.1 Å². The van der Waals surface area contributed by atoms with Gasteiger partial charge in [-0.25, -0.2) is 4.99 Å². The van der Waals surface area contributed by atoms with Gasteiger partial charge in [0.2, 0.25) is 5.91 Å². The SMILES string of the molecule is COc1cc(C#N)c(N=C(SC)N2CCC(C(=O)N3C(C)CCCC3C)CC2)cc1OC. The fourth-order valence-corrected chi connectivity index (χ4v) is 5.41. The summed E-state index contributed by atoms with van der Waals surface area (Å²) in [5.41, 5.74) is 0.996. The first-order chi connectivity index (χ1) is 15.4. The molecule has 0 N–H and O–H groups in total. The molecule has 8 heteroatoms. The highest BCUT2D eigenvalue weighted by Crippen LogP contribution is 2.35. The van der Waals surface area contributed by atoms with Crippen LogP contribution >= 0.6 is 11.8 Å². The van der Waals surface area contributed by atoms with Crippen molar-refractivity contribution in [2.24, 2.45) is 10.9 Å². The summed E-state index contributed by atoms with van der Waals surface area (Å²) in [7, 11) is 3.12. The maximum absolute atomic E-state index is 13.2. The van der Waals surface area contributed by atoms with Gasteiger partial charge in [0.05, 0.1) is 25.5 Å². The molecular weight excluding hydrogens is 424 g/mol. The highest BCUT2D eigenvalue weighted by Gasteiger charge is 2.35. The number of methoxy groups -OCH3 is 2. The second-order valence-corrected chi connectivity index (χ2v) is 9.34. The highest BCUT2D eigenvalue weighted by molar-refractivity contribution is 8.13. The maximum atomic E-state index is 13.2. The molecule has 2 atom stereocenters. The standard InChI is InChI=1S/C24H34N4O3S/c1-16-7-6-8-17(2)28(16)23(29)18-9-11-27(12-10-18)24(32-5)26-20-14-22(31-4)21(30-3)13-19(20)15-25/h13-14,16-18H,6-12H2,1-5H3. The molecule has 1 amide bonds. The van der Waals surface area contributed by atoms with E-state index in [2.05, 4.69) is 29.7 Å². The molecule has 2 aliphatic rings. The Bertz CT molecular complexity index is 880. The van der Waals surface area contributed by atoms with Gasteiger partial charge < -0.3 is 19.3 Å². The largest absolute Gasteiger partial charge is 0.493 e. The number of nitriles is 1. The molecule has 0 bridgehead atoms. The van der Waals surface area contributed by atoms with E-state index in [1.807, 2.05) is 6.26 Å². The second-order valence-electron chi connectivity index (χ2n) is 8.57. The van der Waals surface area contributed by atoms with Crippen molar-refractivity contribution in [3.05, 3.63) is 17.7 Å². The zero-order chi connectivity index (χ0) is 23.3. The molecule has 2 aliphatic heterocycles. The van der Waals surface area contributed by atoms with Gasteiger partial charge in [-0.3, -0.25) is 4.79 Å². The molecule has 0 saturated carbocycles. The van der Waals surface area contributed by atoms with E-state index in [4.69, 9.17) is 14.5 Å². The van der Waals surface area contributed by atoms with Gasteiger partial charge >= 0.3 is 0 Å². The first-order valence-corrected chi connectivity index (χ1v) is 12.5. The molecule has 2 fully saturated rings. The van der Waals surface area contributed by atoms with Crippen molar-refractivity contribution in [2.45, 2.75) is 58.0 Å². The molecule has 0 radical (unpaired) electrons. The lowest BCUT2D eigenvalue weighted by Crippen LogP contribution is -2.51. The van der Waals surface area contributed by atoms with Crippen molar-refractivity contribution in [1.29, 1.82) is 5.26 Å². The summed E-state index contributed by atoms with van der Waals surface area (Å²) >= 11 is 1.55. The Morgan fingerprint density at radius 3 is 2.22 bits per heavy atom. The number of hydrogen-bond donors (Lipinski definition) is 0. The maximum Gasteiger partial charge on any atom is 0.226 e. The Labute approximate surface area is 195 Å². The van der Waals surface area contributed by atoms with E-state index in [0.717, 1.165) is 43.9 Å². The number of carbonyl (C=O) groups is 1. The van der Waals surface area contributed by atoms with Crippen LogP contribution in [0.15, 0.2) is 17.1 Å². The van der Waals surface area contributed by atoms with Crippen LogP contribution in [-0.4, -0.2) is 66.5 Å². The van der Waals surface area contributed by atoms with Crippen molar-refractivity contribution in [3.63, 3.8) is 0 Å². The van der Waals surface area contributed by atoms with Crippen LogP contribution in [0.2, 0.25) is 0 Å². The van der Waals surface area contributed by atoms with Crippen LogP contribution < -0.4 is 9.47 Å². The van der Waals surface area contributed by atoms with E-state index < -0.39 is 0 Å². The van der Waals surface area contributed by atoms with E-state index in [0.29, 0.717) is 40.7 Å². The summed E-state index contributed by atoms with van der Waals surface area (Å²) in [5, 5.41) is 10.4. The number of likely N-dealkylation sites (tertiary alicyclic amines) is 2. The van der Waals surface area contributed by atoms with Crippen molar-refractivity contribution < 1.29 is 14.3 Å². The molecule has 2 heterocycles. The lowest BCUT2D eigenvalue weighted by atomic mass is 9.91. The number of nitrogens with zero attached hydrogens (tertiary/aromatic N) is 4. The second kappa shape index (κ2) is 11.0. The zero-order valence-electron chi connectivity index (χ0n) is 19.8. The molecule has 3 rings (SSSR count). The quantitative estimate of drug-likeness (QED) is 0.491. The number of carbonyl (C=O) groups excluding carboxylic acids is 1. The molecule has 0 aliphatic carbocycles. The number of thioether (sulfide) groups is 1. The van der Waals surface area contributed by atoms with Gasteiger partial charge in [-0.2, -0.15) is 5.26 Å². The van der Waals surface area contributed by atoms with Crippen LogP contribution in [0, 0.1) is 17.2 Å².